The summed E-state index contributed by atoms with van der Waals surface area (Å²) in [6, 6.07) is 4.08. The van der Waals surface area contributed by atoms with E-state index in [-0.39, 0.29) is 11.9 Å². The largest absolute Gasteiger partial charge is 0.493 e. The Morgan fingerprint density at radius 1 is 1.52 bits per heavy atom. The van der Waals surface area contributed by atoms with Gasteiger partial charge in [0.1, 0.15) is 5.82 Å². The van der Waals surface area contributed by atoms with Crippen molar-refractivity contribution in [2.75, 3.05) is 7.11 Å². The third-order valence-electron chi connectivity index (χ3n) is 3.33. The minimum atomic E-state index is -0.364. The number of nitrogens with two attached hydrogens (primary N) is 1. The zero-order valence-corrected chi connectivity index (χ0v) is 12.7. The summed E-state index contributed by atoms with van der Waals surface area (Å²) in [7, 11) is 1.58. The molecule has 2 aromatic rings. The van der Waals surface area contributed by atoms with Crippen LogP contribution in [0.5, 0.6) is 5.75 Å². The average Bonchev–Trinajstić information content (AvgIpc) is 2.89. The van der Waals surface area contributed by atoms with E-state index in [1.807, 2.05) is 6.92 Å². The minimum Gasteiger partial charge on any atom is -0.493 e. The fourth-order valence-electron chi connectivity index (χ4n) is 2.28. The van der Waals surface area contributed by atoms with Gasteiger partial charge in [0.05, 0.1) is 25.0 Å². The summed E-state index contributed by atoms with van der Waals surface area (Å²) < 4.78 is 20.3. The van der Waals surface area contributed by atoms with Crippen molar-refractivity contribution in [2.45, 2.75) is 25.9 Å². The Kier molecular flexibility index (Phi) is 5.17. The first-order chi connectivity index (χ1) is 10.1. The number of aryl methyl sites for hydroxylation is 1. The molecule has 0 saturated heterocycles. The van der Waals surface area contributed by atoms with Gasteiger partial charge in [-0.15, -0.1) is 0 Å². The third-order valence-corrected chi connectivity index (χ3v) is 3.69. The van der Waals surface area contributed by atoms with Crippen molar-refractivity contribution in [1.82, 2.24) is 15.2 Å². The predicted molar refractivity (Wildman–Crippen MR) is 79.6 cm³/mol. The van der Waals surface area contributed by atoms with E-state index in [2.05, 4.69) is 10.5 Å². The maximum atomic E-state index is 13.1. The summed E-state index contributed by atoms with van der Waals surface area (Å²) in [4.78, 5) is 0. The lowest BCUT2D eigenvalue weighted by molar-refractivity contribution is 0.391. The van der Waals surface area contributed by atoms with Gasteiger partial charge < -0.3 is 4.74 Å². The van der Waals surface area contributed by atoms with Crippen molar-refractivity contribution in [3.8, 4) is 5.75 Å². The molecule has 0 amide bonds. The quantitative estimate of drug-likeness (QED) is 0.635. The van der Waals surface area contributed by atoms with Crippen LogP contribution in [0.1, 0.15) is 24.2 Å². The molecule has 0 aliphatic carbocycles. The van der Waals surface area contributed by atoms with Gasteiger partial charge in [-0.1, -0.05) is 17.7 Å². The molecule has 1 atom stereocenters. The molecule has 0 saturated carbocycles. The Morgan fingerprint density at radius 2 is 2.29 bits per heavy atom. The summed E-state index contributed by atoms with van der Waals surface area (Å²) in [6.07, 6.45) is 2.15. The van der Waals surface area contributed by atoms with Crippen molar-refractivity contribution in [3.05, 3.63) is 46.5 Å². The molecule has 21 heavy (non-hydrogen) atoms. The van der Waals surface area contributed by atoms with Crippen LogP contribution in [0.25, 0.3) is 0 Å². The molecule has 0 aliphatic rings. The van der Waals surface area contributed by atoms with Crippen molar-refractivity contribution >= 4 is 11.6 Å². The first-order valence-electron chi connectivity index (χ1n) is 6.60. The zero-order chi connectivity index (χ0) is 15.4. The molecule has 1 unspecified atom stereocenters. The summed E-state index contributed by atoms with van der Waals surface area (Å²) in [5.74, 6) is 5.96. The molecular weight excluding hydrogens is 295 g/mol. The van der Waals surface area contributed by atoms with Gasteiger partial charge in [-0.3, -0.25) is 16.0 Å². The third kappa shape index (κ3) is 3.34. The smallest absolute Gasteiger partial charge is 0.161 e. The highest BCUT2D eigenvalue weighted by atomic mass is 35.5. The molecule has 1 aromatic carbocycles. The molecule has 0 aliphatic heterocycles. The highest BCUT2D eigenvalue weighted by Gasteiger charge is 2.22. The standard InChI is InChI=1S/C14H18ClFN4O/c1-3-20-14(13(21-2)8-18-20)12(19-17)6-9-4-5-10(16)7-11(9)15/h4-5,7-8,12,19H,3,6,17H2,1-2H3. The van der Waals surface area contributed by atoms with Crippen LogP contribution < -0.4 is 16.0 Å². The van der Waals surface area contributed by atoms with Gasteiger partial charge in [-0.05, 0) is 31.0 Å². The molecular formula is C14H18ClFN4O. The van der Waals surface area contributed by atoms with Gasteiger partial charge in [0.2, 0.25) is 0 Å². The normalized spacial score (nSPS) is 12.4. The van der Waals surface area contributed by atoms with Gasteiger partial charge in [0.25, 0.3) is 0 Å². The molecule has 2 rings (SSSR count). The SMILES string of the molecule is CCn1ncc(OC)c1C(Cc1ccc(F)cc1Cl)NN. The number of benzene rings is 1. The Morgan fingerprint density at radius 3 is 2.86 bits per heavy atom. The molecule has 0 bridgehead atoms. The maximum Gasteiger partial charge on any atom is 0.161 e. The van der Waals surface area contributed by atoms with Crippen molar-refractivity contribution < 1.29 is 9.13 Å². The number of halogens is 2. The Bertz CT molecular complexity index is 596. The van der Waals surface area contributed by atoms with E-state index in [1.165, 1.54) is 12.1 Å². The molecule has 0 radical (unpaired) electrons. The van der Waals surface area contributed by atoms with Gasteiger partial charge in [-0.2, -0.15) is 5.10 Å². The van der Waals surface area contributed by atoms with Crippen LogP contribution in [0.3, 0.4) is 0 Å². The predicted octanol–water partition coefficient (Wildman–Crippen LogP) is 2.45. The average molecular weight is 313 g/mol. The lowest BCUT2D eigenvalue weighted by Crippen LogP contribution is -2.31. The number of rotatable bonds is 6. The molecule has 7 heteroatoms. The monoisotopic (exact) mass is 312 g/mol. The first-order valence-corrected chi connectivity index (χ1v) is 6.98. The number of hydrogen-bond acceptors (Lipinski definition) is 4. The topological polar surface area (TPSA) is 65.1 Å². The fraction of sp³-hybridized carbons (Fsp3) is 0.357. The van der Waals surface area contributed by atoms with Crippen LogP contribution >= 0.6 is 11.6 Å². The molecule has 1 aromatic heterocycles. The fourth-order valence-corrected chi connectivity index (χ4v) is 2.52. The van der Waals surface area contributed by atoms with Crippen LogP contribution in [0.15, 0.2) is 24.4 Å². The van der Waals surface area contributed by atoms with Crippen LogP contribution in [-0.4, -0.2) is 16.9 Å². The number of hydrogen-bond donors (Lipinski definition) is 2. The van der Waals surface area contributed by atoms with Crippen molar-refractivity contribution in [3.63, 3.8) is 0 Å². The van der Waals surface area contributed by atoms with E-state index in [0.29, 0.717) is 23.7 Å². The van der Waals surface area contributed by atoms with E-state index < -0.39 is 0 Å². The lowest BCUT2D eigenvalue weighted by Gasteiger charge is -2.19. The van der Waals surface area contributed by atoms with Crippen LogP contribution in [0.2, 0.25) is 5.02 Å². The van der Waals surface area contributed by atoms with E-state index >= 15 is 0 Å². The molecule has 0 fully saturated rings. The highest BCUT2D eigenvalue weighted by molar-refractivity contribution is 6.31. The van der Waals surface area contributed by atoms with Gasteiger partial charge in [-0.25, -0.2) is 4.39 Å². The van der Waals surface area contributed by atoms with Crippen molar-refractivity contribution in [2.24, 2.45) is 5.84 Å². The van der Waals surface area contributed by atoms with Crippen LogP contribution in [0, 0.1) is 5.82 Å². The first kappa shape index (κ1) is 15.8. The van der Waals surface area contributed by atoms with Crippen molar-refractivity contribution in [1.29, 1.82) is 0 Å². The van der Waals surface area contributed by atoms with E-state index in [9.17, 15) is 4.39 Å². The Labute approximate surface area is 127 Å². The maximum absolute atomic E-state index is 13.1. The Hall–Kier alpha value is -1.63. The summed E-state index contributed by atoms with van der Waals surface area (Å²) >= 11 is 6.08. The van der Waals surface area contributed by atoms with Gasteiger partial charge in [0, 0.05) is 11.6 Å². The molecule has 3 N–H and O–H groups in total. The number of methoxy groups -OCH3 is 1. The van der Waals surface area contributed by atoms with Crippen LogP contribution in [0.4, 0.5) is 4.39 Å². The van der Waals surface area contributed by atoms with Gasteiger partial charge >= 0.3 is 0 Å². The zero-order valence-electron chi connectivity index (χ0n) is 11.9. The Balaban J connectivity index is 2.34. The number of nitrogens with one attached hydrogen (secondary N) is 1. The number of hydrazine groups is 1. The summed E-state index contributed by atoms with van der Waals surface area (Å²) in [5.41, 5.74) is 4.39. The second kappa shape index (κ2) is 6.89. The van der Waals surface area contributed by atoms with E-state index in [0.717, 1.165) is 11.3 Å². The molecule has 5 nitrogen and oxygen atoms in total. The summed E-state index contributed by atoms with van der Waals surface area (Å²) in [6.45, 7) is 2.67. The number of nitrogens with zero attached hydrogens (tertiary/aromatic N) is 2. The molecule has 1 heterocycles. The minimum absolute atomic E-state index is 0.245. The van der Waals surface area contributed by atoms with Gasteiger partial charge in [0.15, 0.2) is 5.75 Å². The second-order valence-electron chi connectivity index (χ2n) is 4.57. The summed E-state index contributed by atoms with van der Waals surface area (Å²) in [5, 5.41) is 4.63. The molecule has 0 spiro atoms. The van der Waals surface area contributed by atoms with Crippen LogP contribution in [-0.2, 0) is 13.0 Å². The lowest BCUT2D eigenvalue weighted by atomic mass is 10.0. The number of ether oxygens (including phenoxy) is 1. The van der Waals surface area contributed by atoms with E-state index in [1.54, 1.807) is 24.1 Å². The second-order valence-corrected chi connectivity index (χ2v) is 4.98. The molecule has 114 valence electrons. The van der Waals surface area contributed by atoms with E-state index in [4.69, 9.17) is 22.2 Å². The number of aromatic nitrogens is 2. The highest BCUT2D eigenvalue weighted by Crippen LogP contribution is 2.29.